The molecule has 0 spiro atoms. The smallest absolute Gasteiger partial charge is 0.338 e. The van der Waals surface area contributed by atoms with Gasteiger partial charge >= 0.3 is 17.8 Å². The fourth-order valence-corrected chi connectivity index (χ4v) is 2.06. The summed E-state index contributed by atoms with van der Waals surface area (Å²) in [5.74, 6) is -2.76. The van der Waals surface area contributed by atoms with E-state index >= 15 is 0 Å². The Bertz CT molecular complexity index is 819. The summed E-state index contributed by atoms with van der Waals surface area (Å²) in [4.78, 5) is 46.9. The molecule has 0 aliphatic carbocycles. The fraction of sp³-hybridized carbons (Fsp3) is 0.158. The second-order valence-electron chi connectivity index (χ2n) is 5.35. The molecule has 27 heavy (non-hydrogen) atoms. The van der Waals surface area contributed by atoms with Crippen molar-refractivity contribution < 1.29 is 23.9 Å². The number of anilines is 2. The van der Waals surface area contributed by atoms with Crippen LogP contribution in [-0.4, -0.2) is 36.8 Å². The van der Waals surface area contributed by atoms with Gasteiger partial charge in [0, 0.05) is 11.4 Å². The zero-order valence-electron chi connectivity index (χ0n) is 14.7. The fourth-order valence-electron chi connectivity index (χ4n) is 2.06. The second kappa shape index (κ2) is 9.71. The van der Waals surface area contributed by atoms with Crippen LogP contribution in [0.3, 0.4) is 0 Å². The van der Waals surface area contributed by atoms with Crippen LogP contribution in [0.25, 0.3) is 0 Å². The number of carbonyl (C=O) groups is 4. The van der Waals surface area contributed by atoms with Gasteiger partial charge < -0.3 is 20.7 Å². The first kappa shape index (κ1) is 19.6. The summed E-state index contributed by atoms with van der Waals surface area (Å²) in [6.45, 7) is 1.61. The van der Waals surface area contributed by atoms with E-state index in [2.05, 4.69) is 16.0 Å². The zero-order chi connectivity index (χ0) is 19.6. The number of hydrogen-bond donors (Lipinski definition) is 3. The van der Waals surface area contributed by atoms with Crippen LogP contribution < -0.4 is 16.0 Å². The molecule has 0 bridgehead atoms. The molecule has 0 saturated heterocycles. The van der Waals surface area contributed by atoms with Gasteiger partial charge in [0.1, 0.15) is 0 Å². The van der Waals surface area contributed by atoms with Crippen molar-refractivity contribution in [3.8, 4) is 0 Å². The molecule has 0 fully saturated rings. The van der Waals surface area contributed by atoms with Crippen LogP contribution in [0.5, 0.6) is 0 Å². The lowest BCUT2D eigenvalue weighted by atomic mass is 10.2. The maximum Gasteiger partial charge on any atom is 0.338 e. The highest BCUT2D eigenvalue weighted by Gasteiger charge is 2.15. The van der Waals surface area contributed by atoms with Gasteiger partial charge in [-0.1, -0.05) is 18.2 Å². The molecule has 8 nitrogen and oxygen atoms in total. The minimum atomic E-state index is -0.924. The van der Waals surface area contributed by atoms with Crippen molar-refractivity contribution >= 4 is 35.1 Å². The monoisotopic (exact) mass is 369 g/mol. The third-order valence-corrected chi connectivity index (χ3v) is 3.33. The van der Waals surface area contributed by atoms with Gasteiger partial charge in [0.2, 0.25) is 5.91 Å². The van der Waals surface area contributed by atoms with Crippen LogP contribution >= 0.6 is 0 Å². The molecule has 2 aromatic rings. The minimum Gasteiger partial charge on any atom is -0.462 e. The molecular weight excluding hydrogens is 350 g/mol. The van der Waals surface area contributed by atoms with Crippen LogP contribution in [0.2, 0.25) is 0 Å². The van der Waals surface area contributed by atoms with Gasteiger partial charge in [0.05, 0.1) is 18.7 Å². The number of nitrogens with one attached hydrogen (secondary N) is 3. The number of amides is 3. The van der Waals surface area contributed by atoms with E-state index in [9.17, 15) is 19.2 Å². The summed E-state index contributed by atoms with van der Waals surface area (Å²) in [5.41, 5.74) is 1.28. The Labute approximate surface area is 155 Å². The first-order chi connectivity index (χ1) is 13.0. The lowest BCUT2D eigenvalue weighted by Crippen LogP contribution is -2.39. The third-order valence-electron chi connectivity index (χ3n) is 3.33. The quantitative estimate of drug-likeness (QED) is 0.528. The van der Waals surface area contributed by atoms with Gasteiger partial charge in [-0.2, -0.15) is 0 Å². The van der Waals surface area contributed by atoms with Crippen molar-refractivity contribution in [3.05, 3.63) is 60.2 Å². The van der Waals surface area contributed by atoms with Gasteiger partial charge in [-0.05, 0) is 43.3 Å². The summed E-state index contributed by atoms with van der Waals surface area (Å²) in [6, 6.07) is 14.6. The highest BCUT2D eigenvalue weighted by atomic mass is 16.5. The number of ether oxygens (including phenoxy) is 1. The van der Waals surface area contributed by atoms with Gasteiger partial charge in [0.15, 0.2) is 0 Å². The predicted molar refractivity (Wildman–Crippen MR) is 99.1 cm³/mol. The maximum atomic E-state index is 11.9. The van der Waals surface area contributed by atoms with Crippen LogP contribution in [0, 0.1) is 0 Å². The van der Waals surface area contributed by atoms with Gasteiger partial charge in [-0.3, -0.25) is 14.4 Å². The zero-order valence-corrected chi connectivity index (χ0v) is 14.7. The molecular formula is C19H19N3O5. The Kier molecular flexibility index (Phi) is 7.07. The molecule has 0 aromatic heterocycles. The lowest BCUT2D eigenvalue weighted by molar-refractivity contribution is -0.136. The van der Waals surface area contributed by atoms with Crippen LogP contribution in [-0.2, 0) is 19.1 Å². The number of hydrogen-bond acceptors (Lipinski definition) is 5. The summed E-state index contributed by atoms with van der Waals surface area (Å²) in [6.07, 6.45) is 0. The average Bonchev–Trinajstić information content (AvgIpc) is 2.67. The van der Waals surface area contributed by atoms with Gasteiger partial charge in [-0.25, -0.2) is 4.79 Å². The van der Waals surface area contributed by atoms with Gasteiger partial charge in [-0.15, -0.1) is 0 Å². The topological polar surface area (TPSA) is 114 Å². The Hall–Kier alpha value is -3.68. The molecule has 0 aliphatic rings. The maximum absolute atomic E-state index is 11.9. The molecule has 0 radical (unpaired) electrons. The Morgan fingerprint density at radius 3 is 2.07 bits per heavy atom. The van der Waals surface area contributed by atoms with E-state index in [1.165, 1.54) is 24.3 Å². The molecule has 0 aliphatic heterocycles. The number of esters is 1. The van der Waals surface area contributed by atoms with Crippen molar-refractivity contribution in [1.82, 2.24) is 5.32 Å². The van der Waals surface area contributed by atoms with E-state index in [0.29, 0.717) is 16.9 Å². The van der Waals surface area contributed by atoms with E-state index in [1.54, 1.807) is 37.3 Å². The first-order valence-electron chi connectivity index (χ1n) is 8.21. The van der Waals surface area contributed by atoms with Crippen LogP contribution in [0.1, 0.15) is 17.3 Å². The Morgan fingerprint density at radius 2 is 1.44 bits per heavy atom. The third kappa shape index (κ3) is 6.28. The normalized spacial score (nSPS) is 9.81. The van der Waals surface area contributed by atoms with Crippen LogP contribution in [0.15, 0.2) is 54.6 Å². The summed E-state index contributed by atoms with van der Waals surface area (Å²) < 4.78 is 4.87. The summed E-state index contributed by atoms with van der Waals surface area (Å²) in [5, 5.41) is 7.19. The van der Waals surface area contributed by atoms with Crippen LogP contribution in [0.4, 0.5) is 11.4 Å². The number of benzene rings is 2. The molecule has 0 unspecified atom stereocenters. The molecule has 8 heteroatoms. The first-order valence-corrected chi connectivity index (χ1v) is 8.21. The van der Waals surface area contributed by atoms with Crippen molar-refractivity contribution in [2.45, 2.75) is 6.92 Å². The molecule has 0 heterocycles. The second-order valence-corrected chi connectivity index (χ2v) is 5.35. The van der Waals surface area contributed by atoms with Crippen molar-refractivity contribution in [1.29, 1.82) is 0 Å². The molecule has 2 rings (SSSR count). The molecule has 140 valence electrons. The van der Waals surface area contributed by atoms with E-state index in [-0.39, 0.29) is 13.2 Å². The lowest BCUT2D eigenvalue weighted by Gasteiger charge is -2.08. The number of carbonyl (C=O) groups excluding carboxylic acids is 4. The average molecular weight is 369 g/mol. The highest BCUT2D eigenvalue weighted by Crippen LogP contribution is 2.10. The molecule has 0 saturated carbocycles. The van der Waals surface area contributed by atoms with Crippen molar-refractivity contribution in [2.75, 3.05) is 23.8 Å². The predicted octanol–water partition coefficient (Wildman–Crippen LogP) is 1.56. The van der Waals surface area contributed by atoms with Crippen molar-refractivity contribution in [2.24, 2.45) is 0 Å². The number of rotatable bonds is 6. The highest BCUT2D eigenvalue weighted by molar-refractivity contribution is 6.39. The SMILES string of the molecule is CCOC(=O)c1ccc(NC(=O)CNC(=O)C(=O)Nc2ccccc2)cc1. The van der Waals surface area contributed by atoms with Gasteiger partial charge in [0.25, 0.3) is 0 Å². The largest absolute Gasteiger partial charge is 0.462 e. The van der Waals surface area contributed by atoms with E-state index in [1.807, 2.05) is 0 Å². The van der Waals surface area contributed by atoms with E-state index in [4.69, 9.17) is 4.74 Å². The minimum absolute atomic E-state index is 0.273. The molecule has 3 amide bonds. The Balaban J connectivity index is 1.79. The molecule has 0 atom stereocenters. The molecule has 3 N–H and O–H groups in total. The van der Waals surface area contributed by atoms with E-state index < -0.39 is 23.7 Å². The summed E-state index contributed by atoms with van der Waals surface area (Å²) in [7, 11) is 0. The molecule has 2 aromatic carbocycles. The van der Waals surface area contributed by atoms with E-state index in [0.717, 1.165) is 0 Å². The standard InChI is InChI=1S/C19H19N3O5/c1-2-27-19(26)13-8-10-15(11-9-13)21-16(23)12-20-17(24)18(25)22-14-6-4-3-5-7-14/h3-11H,2,12H2,1H3,(H,20,24)(H,21,23)(H,22,25). The summed E-state index contributed by atoms with van der Waals surface area (Å²) >= 11 is 0. The van der Waals surface area contributed by atoms with Crippen molar-refractivity contribution in [3.63, 3.8) is 0 Å². The Morgan fingerprint density at radius 1 is 0.815 bits per heavy atom. The number of para-hydroxylation sites is 1.